The van der Waals surface area contributed by atoms with Crippen LogP contribution < -0.4 is 4.65 Å². The summed E-state index contributed by atoms with van der Waals surface area (Å²) < 4.78 is -0.604. The Hall–Kier alpha value is -2.37. The number of aromatic hydroxyl groups is 1. The minimum Gasteiger partial charge on any atom is -0.627 e. The molecule has 0 unspecified atom stereocenters. The van der Waals surface area contributed by atoms with Gasteiger partial charge in [0.15, 0.2) is 0 Å². The van der Waals surface area contributed by atoms with Crippen LogP contribution in [0.5, 0.6) is 5.75 Å². The van der Waals surface area contributed by atoms with Crippen molar-refractivity contribution in [2.24, 2.45) is 0 Å². The fourth-order valence-electron chi connectivity index (χ4n) is 2.61. The SMILES string of the molecule is O=C(O)c1ccc([N+]2([O-])Cc3ccccc3C2)cc1O. The molecule has 5 nitrogen and oxygen atoms in total. The molecule has 2 N–H and O–H groups in total. The van der Waals surface area contributed by atoms with Gasteiger partial charge in [-0.1, -0.05) is 24.3 Å². The molecule has 0 saturated carbocycles. The van der Waals surface area contributed by atoms with Crippen molar-refractivity contribution in [1.29, 1.82) is 0 Å². The number of aromatic carboxylic acids is 1. The first kappa shape index (κ1) is 12.7. The molecule has 0 atom stereocenters. The Labute approximate surface area is 115 Å². The third kappa shape index (κ3) is 1.93. The van der Waals surface area contributed by atoms with Gasteiger partial charge in [-0.05, 0) is 6.07 Å². The maximum absolute atomic E-state index is 12.9. The Kier molecular flexibility index (Phi) is 2.74. The molecule has 0 amide bonds. The molecule has 5 heteroatoms. The monoisotopic (exact) mass is 271 g/mol. The molecular formula is C15H13NO4. The summed E-state index contributed by atoms with van der Waals surface area (Å²) in [6.07, 6.45) is 0. The maximum atomic E-state index is 12.9. The molecule has 0 bridgehead atoms. The molecule has 102 valence electrons. The van der Waals surface area contributed by atoms with Crippen LogP contribution in [0.2, 0.25) is 0 Å². The summed E-state index contributed by atoms with van der Waals surface area (Å²) in [6, 6.07) is 11.6. The lowest BCUT2D eigenvalue weighted by Crippen LogP contribution is -2.36. The van der Waals surface area contributed by atoms with Crippen molar-refractivity contribution >= 4 is 11.7 Å². The van der Waals surface area contributed by atoms with E-state index in [0.717, 1.165) is 11.1 Å². The quantitative estimate of drug-likeness (QED) is 0.650. The highest BCUT2D eigenvalue weighted by Crippen LogP contribution is 2.37. The van der Waals surface area contributed by atoms with Crippen molar-refractivity contribution in [3.05, 3.63) is 64.4 Å². The molecule has 1 heterocycles. The lowest BCUT2D eigenvalue weighted by Gasteiger charge is -2.37. The number of hydrogen-bond donors (Lipinski definition) is 2. The molecule has 0 aromatic heterocycles. The molecule has 2 aromatic rings. The van der Waals surface area contributed by atoms with E-state index in [4.69, 9.17) is 5.11 Å². The number of rotatable bonds is 2. The van der Waals surface area contributed by atoms with Gasteiger partial charge in [0.05, 0.1) is 0 Å². The van der Waals surface area contributed by atoms with Gasteiger partial charge in [0, 0.05) is 23.3 Å². The normalized spacial score (nSPS) is 15.8. The smallest absolute Gasteiger partial charge is 0.339 e. The van der Waals surface area contributed by atoms with Crippen LogP contribution in [0.15, 0.2) is 42.5 Å². The molecular weight excluding hydrogens is 258 g/mol. The van der Waals surface area contributed by atoms with Crippen LogP contribution in [0.4, 0.5) is 5.69 Å². The van der Waals surface area contributed by atoms with Crippen molar-refractivity contribution in [3.8, 4) is 5.75 Å². The van der Waals surface area contributed by atoms with E-state index in [9.17, 15) is 15.1 Å². The molecule has 0 spiro atoms. The maximum Gasteiger partial charge on any atom is 0.339 e. The van der Waals surface area contributed by atoms with Crippen LogP contribution in [-0.2, 0) is 13.1 Å². The first-order chi connectivity index (χ1) is 9.49. The highest BCUT2D eigenvalue weighted by atomic mass is 16.5. The van der Waals surface area contributed by atoms with Crippen molar-refractivity contribution in [3.63, 3.8) is 0 Å². The molecule has 3 rings (SSSR count). The number of phenols is 1. The molecule has 1 aliphatic heterocycles. The van der Waals surface area contributed by atoms with E-state index in [0.29, 0.717) is 18.8 Å². The second-order valence-corrected chi connectivity index (χ2v) is 4.98. The van der Waals surface area contributed by atoms with E-state index in [1.807, 2.05) is 24.3 Å². The van der Waals surface area contributed by atoms with E-state index in [1.165, 1.54) is 18.2 Å². The van der Waals surface area contributed by atoms with Gasteiger partial charge in [-0.15, -0.1) is 0 Å². The van der Waals surface area contributed by atoms with Gasteiger partial charge >= 0.3 is 5.97 Å². The van der Waals surface area contributed by atoms with Crippen molar-refractivity contribution in [1.82, 2.24) is 4.65 Å². The Morgan fingerprint density at radius 1 is 1.10 bits per heavy atom. The number of fused-ring (bicyclic) bond motifs is 1. The predicted molar refractivity (Wildman–Crippen MR) is 74.1 cm³/mol. The van der Waals surface area contributed by atoms with Crippen LogP contribution >= 0.6 is 0 Å². The van der Waals surface area contributed by atoms with E-state index in [2.05, 4.69) is 0 Å². The van der Waals surface area contributed by atoms with Crippen molar-refractivity contribution in [2.75, 3.05) is 0 Å². The van der Waals surface area contributed by atoms with E-state index in [1.54, 1.807) is 0 Å². The predicted octanol–water partition coefficient (Wildman–Crippen LogP) is 2.61. The highest BCUT2D eigenvalue weighted by Gasteiger charge is 2.31. The third-order valence-electron chi connectivity index (χ3n) is 3.65. The minimum absolute atomic E-state index is 0.197. The first-order valence-corrected chi connectivity index (χ1v) is 6.21. The molecule has 1 aliphatic rings. The largest absolute Gasteiger partial charge is 0.627 e. The zero-order valence-corrected chi connectivity index (χ0v) is 10.6. The lowest BCUT2D eigenvalue weighted by atomic mass is 10.1. The molecule has 0 fully saturated rings. The number of nitrogens with zero attached hydrogens (tertiary/aromatic N) is 1. The Bertz CT molecular complexity index is 671. The Morgan fingerprint density at radius 3 is 2.20 bits per heavy atom. The van der Waals surface area contributed by atoms with E-state index >= 15 is 0 Å². The zero-order chi connectivity index (χ0) is 14.3. The molecule has 0 saturated heterocycles. The fourth-order valence-corrected chi connectivity index (χ4v) is 2.61. The van der Waals surface area contributed by atoms with Crippen molar-refractivity contribution < 1.29 is 15.0 Å². The van der Waals surface area contributed by atoms with Gasteiger partial charge < -0.3 is 20.1 Å². The number of hydrogen-bond acceptors (Lipinski definition) is 3. The number of benzene rings is 2. The van der Waals surface area contributed by atoms with Crippen LogP contribution in [-0.4, -0.2) is 16.2 Å². The van der Waals surface area contributed by atoms with E-state index in [-0.39, 0.29) is 11.3 Å². The topological polar surface area (TPSA) is 80.6 Å². The minimum atomic E-state index is -1.21. The Balaban J connectivity index is 1.99. The Morgan fingerprint density at radius 2 is 1.70 bits per heavy atom. The van der Waals surface area contributed by atoms with Crippen LogP contribution in [0, 0.1) is 5.21 Å². The zero-order valence-electron chi connectivity index (χ0n) is 10.6. The standard InChI is InChI=1S/C15H13NO4/c17-14-7-12(5-6-13(14)15(18)19)16(20)8-10-3-1-2-4-11(10)9-16/h1-7,17H,8-9H2,(H,18,19). The average Bonchev–Trinajstić information content (AvgIpc) is 2.75. The number of carboxylic acid groups (broad SMARTS) is 1. The van der Waals surface area contributed by atoms with E-state index < -0.39 is 10.6 Å². The summed E-state index contributed by atoms with van der Waals surface area (Å²) in [4.78, 5) is 10.9. The second-order valence-electron chi connectivity index (χ2n) is 4.98. The highest BCUT2D eigenvalue weighted by molar-refractivity contribution is 5.91. The number of hydroxylamine groups is 2. The molecule has 0 aliphatic carbocycles. The lowest BCUT2D eigenvalue weighted by molar-refractivity contribution is 0.0693. The van der Waals surface area contributed by atoms with Crippen LogP contribution in [0.3, 0.4) is 0 Å². The van der Waals surface area contributed by atoms with Gasteiger partial charge in [0.2, 0.25) is 0 Å². The number of quaternary nitrogens is 1. The van der Waals surface area contributed by atoms with Crippen LogP contribution in [0.1, 0.15) is 21.5 Å². The summed E-state index contributed by atoms with van der Waals surface area (Å²) in [5.41, 5.74) is 2.15. The summed E-state index contributed by atoms with van der Waals surface area (Å²) in [5.74, 6) is -1.59. The number of carbonyl (C=O) groups is 1. The molecule has 20 heavy (non-hydrogen) atoms. The summed E-state index contributed by atoms with van der Waals surface area (Å²) >= 11 is 0. The van der Waals surface area contributed by atoms with Gasteiger partial charge in [-0.2, -0.15) is 0 Å². The van der Waals surface area contributed by atoms with Gasteiger partial charge in [-0.25, -0.2) is 4.79 Å². The van der Waals surface area contributed by atoms with Gasteiger partial charge in [0.1, 0.15) is 30.1 Å². The average molecular weight is 271 g/mol. The third-order valence-corrected chi connectivity index (χ3v) is 3.65. The van der Waals surface area contributed by atoms with Gasteiger partial charge in [0.25, 0.3) is 0 Å². The summed E-state index contributed by atoms with van der Waals surface area (Å²) in [7, 11) is 0. The second kappa shape index (κ2) is 4.33. The summed E-state index contributed by atoms with van der Waals surface area (Å²) in [6.45, 7) is 0.587. The summed E-state index contributed by atoms with van der Waals surface area (Å²) in [5, 5.41) is 31.5. The van der Waals surface area contributed by atoms with Gasteiger partial charge in [-0.3, -0.25) is 0 Å². The number of carboxylic acids is 1. The molecule has 2 aromatic carbocycles. The molecule has 0 radical (unpaired) electrons. The van der Waals surface area contributed by atoms with Crippen molar-refractivity contribution in [2.45, 2.75) is 13.1 Å². The first-order valence-electron chi connectivity index (χ1n) is 6.21. The van der Waals surface area contributed by atoms with Crippen LogP contribution in [0.25, 0.3) is 0 Å². The fraction of sp³-hybridized carbons (Fsp3) is 0.133.